The lowest BCUT2D eigenvalue weighted by Gasteiger charge is -2.31. The summed E-state index contributed by atoms with van der Waals surface area (Å²) in [5.41, 5.74) is 0.589. The maximum atomic E-state index is 12.6. The quantitative estimate of drug-likeness (QED) is 0.818. The van der Waals surface area contributed by atoms with E-state index in [1.54, 1.807) is 18.2 Å². The van der Waals surface area contributed by atoms with Crippen molar-refractivity contribution in [3.63, 3.8) is 0 Å². The molecule has 0 atom stereocenters. The molecule has 126 valence electrons. The molecule has 0 aliphatic carbocycles. The van der Waals surface area contributed by atoms with Gasteiger partial charge in [0.1, 0.15) is 11.6 Å². The Bertz CT molecular complexity index is 781. The van der Waals surface area contributed by atoms with E-state index in [1.165, 1.54) is 0 Å². The molecule has 3 heterocycles. The van der Waals surface area contributed by atoms with E-state index in [-0.39, 0.29) is 5.91 Å². The molecule has 1 amide bonds. The van der Waals surface area contributed by atoms with Crippen LogP contribution < -0.4 is 0 Å². The number of likely N-dealkylation sites (tertiary alicyclic amines) is 1. The maximum absolute atomic E-state index is 12.6. The molecule has 0 bridgehead atoms. The molecule has 0 radical (unpaired) electrons. The third-order valence-corrected chi connectivity index (χ3v) is 5.69. The van der Waals surface area contributed by atoms with Crippen molar-refractivity contribution in [2.24, 2.45) is 0 Å². The minimum absolute atomic E-state index is 0.0125. The monoisotopic (exact) mass is 364 g/mol. The molecular formula is C17H18Cl2N4O. The van der Waals surface area contributed by atoms with Crippen molar-refractivity contribution in [3.8, 4) is 0 Å². The number of rotatable bonds is 2. The van der Waals surface area contributed by atoms with Crippen LogP contribution in [0.15, 0.2) is 18.2 Å². The number of piperidine rings is 1. The van der Waals surface area contributed by atoms with Gasteiger partial charge in [-0.3, -0.25) is 4.79 Å². The fourth-order valence-corrected chi connectivity index (χ4v) is 3.93. The molecule has 7 heteroatoms. The van der Waals surface area contributed by atoms with Crippen molar-refractivity contribution >= 4 is 29.1 Å². The summed E-state index contributed by atoms with van der Waals surface area (Å²) in [6.07, 6.45) is 4.03. The molecule has 0 saturated carbocycles. The van der Waals surface area contributed by atoms with Crippen molar-refractivity contribution in [3.05, 3.63) is 45.5 Å². The van der Waals surface area contributed by atoms with E-state index < -0.39 is 0 Å². The molecule has 1 aromatic carbocycles. The highest BCUT2D eigenvalue weighted by Gasteiger charge is 2.29. The summed E-state index contributed by atoms with van der Waals surface area (Å²) in [6, 6.07) is 5.04. The lowest BCUT2D eigenvalue weighted by Crippen LogP contribution is -2.38. The predicted molar refractivity (Wildman–Crippen MR) is 92.7 cm³/mol. The van der Waals surface area contributed by atoms with Crippen LogP contribution in [-0.4, -0.2) is 38.7 Å². The van der Waals surface area contributed by atoms with E-state index in [4.69, 9.17) is 23.2 Å². The maximum Gasteiger partial charge on any atom is 0.253 e. The second-order valence-corrected chi connectivity index (χ2v) is 7.24. The van der Waals surface area contributed by atoms with Gasteiger partial charge in [0.2, 0.25) is 0 Å². The van der Waals surface area contributed by atoms with Gasteiger partial charge in [-0.05, 0) is 37.5 Å². The Hall–Kier alpha value is -1.59. The number of carbonyl (C=O) groups excluding carboxylic acids is 1. The Balaban J connectivity index is 1.44. The Labute approximate surface area is 150 Å². The van der Waals surface area contributed by atoms with Crippen LogP contribution in [0.4, 0.5) is 0 Å². The zero-order valence-electron chi connectivity index (χ0n) is 13.2. The highest BCUT2D eigenvalue weighted by atomic mass is 35.5. The van der Waals surface area contributed by atoms with Crippen LogP contribution in [0.5, 0.6) is 0 Å². The van der Waals surface area contributed by atoms with Crippen LogP contribution in [-0.2, 0) is 13.0 Å². The summed E-state index contributed by atoms with van der Waals surface area (Å²) in [7, 11) is 0. The first-order valence-corrected chi connectivity index (χ1v) is 9.05. The molecule has 5 nitrogen and oxygen atoms in total. The fourth-order valence-electron chi connectivity index (χ4n) is 3.63. The Morgan fingerprint density at radius 1 is 1.08 bits per heavy atom. The largest absolute Gasteiger partial charge is 0.339 e. The van der Waals surface area contributed by atoms with Crippen molar-refractivity contribution in [1.82, 2.24) is 19.7 Å². The fraction of sp³-hybridized carbons (Fsp3) is 0.471. The summed E-state index contributed by atoms with van der Waals surface area (Å²) in [6.45, 7) is 2.48. The zero-order chi connectivity index (χ0) is 16.7. The highest BCUT2D eigenvalue weighted by Crippen LogP contribution is 2.30. The van der Waals surface area contributed by atoms with Gasteiger partial charge in [-0.25, -0.2) is 0 Å². The van der Waals surface area contributed by atoms with Gasteiger partial charge in [0, 0.05) is 37.5 Å². The lowest BCUT2D eigenvalue weighted by atomic mass is 9.95. The van der Waals surface area contributed by atoms with E-state index in [0.717, 1.165) is 57.0 Å². The molecule has 1 aromatic heterocycles. The molecule has 1 fully saturated rings. The smallest absolute Gasteiger partial charge is 0.253 e. The van der Waals surface area contributed by atoms with E-state index in [0.29, 0.717) is 21.5 Å². The molecule has 0 unspecified atom stereocenters. The first kappa shape index (κ1) is 15.9. The predicted octanol–water partition coefficient (Wildman–Crippen LogP) is 3.55. The second kappa shape index (κ2) is 6.37. The molecule has 2 aliphatic rings. The first-order valence-electron chi connectivity index (χ1n) is 8.30. The summed E-state index contributed by atoms with van der Waals surface area (Å²) in [5, 5.41) is 9.56. The number of nitrogens with zero attached hydrogens (tertiary/aromatic N) is 4. The Kier molecular flexibility index (Phi) is 4.22. The van der Waals surface area contributed by atoms with Crippen molar-refractivity contribution in [2.45, 2.75) is 38.1 Å². The van der Waals surface area contributed by atoms with Gasteiger partial charge in [0.25, 0.3) is 5.91 Å². The lowest BCUT2D eigenvalue weighted by molar-refractivity contribution is 0.0710. The summed E-state index contributed by atoms with van der Waals surface area (Å²) < 4.78 is 2.26. The molecule has 2 aromatic rings. The summed E-state index contributed by atoms with van der Waals surface area (Å²) in [4.78, 5) is 14.5. The van der Waals surface area contributed by atoms with Crippen LogP contribution in [0.3, 0.4) is 0 Å². The van der Waals surface area contributed by atoms with Crippen LogP contribution in [0.2, 0.25) is 10.0 Å². The standard InChI is InChI=1S/C17H18Cl2N4O/c18-13-4-3-12(10-14(13)19)17(24)22-8-5-11(6-9-22)16-21-20-15-2-1-7-23(15)16/h3-4,10-11H,1-2,5-9H2. The van der Waals surface area contributed by atoms with Crippen LogP contribution in [0.25, 0.3) is 0 Å². The van der Waals surface area contributed by atoms with E-state index in [1.807, 2.05) is 4.90 Å². The number of hydrogen-bond acceptors (Lipinski definition) is 3. The number of carbonyl (C=O) groups is 1. The van der Waals surface area contributed by atoms with E-state index in [2.05, 4.69) is 14.8 Å². The number of aryl methyl sites for hydroxylation is 1. The molecule has 0 N–H and O–H groups in total. The normalized spacial score (nSPS) is 18.0. The first-order chi connectivity index (χ1) is 11.6. The molecular weight excluding hydrogens is 347 g/mol. The molecule has 2 aliphatic heterocycles. The minimum atomic E-state index is 0.0125. The summed E-state index contributed by atoms with van der Waals surface area (Å²) >= 11 is 11.9. The number of aromatic nitrogens is 3. The highest BCUT2D eigenvalue weighted by molar-refractivity contribution is 6.42. The minimum Gasteiger partial charge on any atom is -0.339 e. The van der Waals surface area contributed by atoms with Crippen LogP contribution in [0.1, 0.15) is 47.2 Å². The Morgan fingerprint density at radius 3 is 2.62 bits per heavy atom. The topological polar surface area (TPSA) is 51.0 Å². The number of halogens is 2. The number of amides is 1. The van der Waals surface area contributed by atoms with Gasteiger partial charge in [-0.1, -0.05) is 23.2 Å². The molecule has 4 rings (SSSR count). The number of fused-ring (bicyclic) bond motifs is 1. The summed E-state index contributed by atoms with van der Waals surface area (Å²) in [5.74, 6) is 2.61. The zero-order valence-corrected chi connectivity index (χ0v) is 14.7. The van der Waals surface area contributed by atoms with Crippen molar-refractivity contribution < 1.29 is 4.79 Å². The third kappa shape index (κ3) is 2.80. The van der Waals surface area contributed by atoms with Gasteiger partial charge < -0.3 is 9.47 Å². The SMILES string of the molecule is O=C(c1ccc(Cl)c(Cl)c1)N1CCC(c2nnc3n2CCC3)CC1. The van der Waals surface area contributed by atoms with E-state index >= 15 is 0 Å². The van der Waals surface area contributed by atoms with Gasteiger partial charge in [0.15, 0.2) is 0 Å². The van der Waals surface area contributed by atoms with Crippen LogP contribution >= 0.6 is 23.2 Å². The average molecular weight is 365 g/mol. The third-order valence-electron chi connectivity index (χ3n) is 4.95. The number of hydrogen-bond donors (Lipinski definition) is 0. The van der Waals surface area contributed by atoms with Gasteiger partial charge in [0.05, 0.1) is 10.0 Å². The molecule has 0 spiro atoms. The second-order valence-electron chi connectivity index (χ2n) is 6.42. The van der Waals surface area contributed by atoms with Gasteiger partial charge >= 0.3 is 0 Å². The average Bonchev–Trinajstić information content (AvgIpc) is 3.20. The number of benzene rings is 1. The van der Waals surface area contributed by atoms with Crippen molar-refractivity contribution in [2.75, 3.05) is 13.1 Å². The van der Waals surface area contributed by atoms with Gasteiger partial charge in [-0.15, -0.1) is 10.2 Å². The van der Waals surface area contributed by atoms with Gasteiger partial charge in [-0.2, -0.15) is 0 Å². The van der Waals surface area contributed by atoms with Crippen LogP contribution in [0, 0.1) is 0 Å². The molecule has 1 saturated heterocycles. The van der Waals surface area contributed by atoms with E-state index in [9.17, 15) is 4.79 Å². The molecule has 24 heavy (non-hydrogen) atoms. The Morgan fingerprint density at radius 2 is 1.88 bits per heavy atom. The van der Waals surface area contributed by atoms with Crippen molar-refractivity contribution in [1.29, 1.82) is 0 Å².